The Hall–Kier alpha value is -1.50. The van der Waals surface area contributed by atoms with Crippen LogP contribution in [0.4, 0.5) is 0 Å². The van der Waals surface area contributed by atoms with Gasteiger partial charge in [0.15, 0.2) is 0 Å². The predicted octanol–water partition coefficient (Wildman–Crippen LogP) is 4.97. The number of aryl methyl sites for hydroxylation is 1. The van der Waals surface area contributed by atoms with Gasteiger partial charge in [0.05, 0.1) is 0 Å². The summed E-state index contributed by atoms with van der Waals surface area (Å²) < 4.78 is 5.76. The van der Waals surface area contributed by atoms with E-state index in [1.165, 1.54) is 11.8 Å². The molecule has 0 unspecified atom stereocenters. The second-order valence-electron chi connectivity index (χ2n) is 4.89. The molecular formula is C16H20O. The van der Waals surface area contributed by atoms with Gasteiger partial charge in [-0.05, 0) is 30.9 Å². The molecular weight excluding hydrogens is 208 g/mol. The molecule has 17 heavy (non-hydrogen) atoms. The van der Waals surface area contributed by atoms with Crippen molar-refractivity contribution < 1.29 is 4.42 Å². The van der Waals surface area contributed by atoms with Crippen molar-refractivity contribution in [2.45, 2.75) is 33.1 Å². The van der Waals surface area contributed by atoms with Crippen LogP contribution >= 0.6 is 0 Å². The molecule has 0 saturated carbocycles. The fourth-order valence-electron chi connectivity index (χ4n) is 1.87. The zero-order valence-corrected chi connectivity index (χ0v) is 10.6. The smallest absolute Gasteiger partial charge is 0.134 e. The van der Waals surface area contributed by atoms with Crippen molar-refractivity contribution in [3.63, 3.8) is 0 Å². The van der Waals surface area contributed by atoms with Gasteiger partial charge >= 0.3 is 0 Å². The Labute approximate surface area is 103 Å². The molecule has 1 heteroatoms. The van der Waals surface area contributed by atoms with Gasteiger partial charge in [-0.25, -0.2) is 0 Å². The Morgan fingerprint density at radius 3 is 2.76 bits per heavy atom. The third kappa shape index (κ3) is 3.48. The Morgan fingerprint density at radius 2 is 2.00 bits per heavy atom. The number of para-hydroxylation sites is 1. The molecule has 0 spiro atoms. The number of allylic oxidation sites excluding steroid dienone is 2. The molecule has 0 atom stereocenters. The zero-order chi connectivity index (χ0) is 12.1. The number of benzene rings is 1. The topological polar surface area (TPSA) is 13.1 Å². The standard InChI is InChI=1S/C16H20O/c1-13(2)8-4-3-5-10-15-12-14-9-6-7-11-16(14)17-15/h3-4,6-7,9,11-13H,5,8,10H2,1-2H3/b4-3+. The highest BCUT2D eigenvalue weighted by atomic mass is 16.3. The number of fused-ring (bicyclic) bond motifs is 1. The maximum atomic E-state index is 5.76. The van der Waals surface area contributed by atoms with Crippen LogP contribution in [-0.2, 0) is 6.42 Å². The van der Waals surface area contributed by atoms with Crippen molar-refractivity contribution in [1.29, 1.82) is 0 Å². The summed E-state index contributed by atoms with van der Waals surface area (Å²) in [6.07, 6.45) is 7.75. The van der Waals surface area contributed by atoms with E-state index in [1.54, 1.807) is 0 Å². The van der Waals surface area contributed by atoms with Crippen molar-refractivity contribution in [3.8, 4) is 0 Å². The maximum Gasteiger partial charge on any atom is 0.134 e. The lowest BCUT2D eigenvalue weighted by atomic mass is 10.1. The molecule has 1 aromatic carbocycles. The number of hydrogen-bond acceptors (Lipinski definition) is 1. The number of furan rings is 1. The van der Waals surface area contributed by atoms with Crippen LogP contribution < -0.4 is 0 Å². The lowest BCUT2D eigenvalue weighted by Crippen LogP contribution is -1.82. The van der Waals surface area contributed by atoms with Gasteiger partial charge in [0, 0.05) is 11.8 Å². The van der Waals surface area contributed by atoms with Crippen molar-refractivity contribution in [1.82, 2.24) is 0 Å². The van der Waals surface area contributed by atoms with E-state index in [0.717, 1.165) is 30.1 Å². The summed E-state index contributed by atoms with van der Waals surface area (Å²) >= 11 is 0. The molecule has 2 aromatic rings. The molecule has 0 N–H and O–H groups in total. The Kier molecular flexibility index (Phi) is 4.03. The summed E-state index contributed by atoms with van der Waals surface area (Å²) in [5, 5.41) is 1.20. The van der Waals surface area contributed by atoms with E-state index in [4.69, 9.17) is 4.42 Å². The average molecular weight is 228 g/mol. The second-order valence-corrected chi connectivity index (χ2v) is 4.89. The summed E-state index contributed by atoms with van der Waals surface area (Å²) in [6, 6.07) is 10.3. The van der Waals surface area contributed by atoms with Gasteiger partial charge in [0.2, 0.25) is 0 Å². The normalized spacial score (nSPS) is 11.9. The Bertz CT molecular complexity index is 458. The molecule has 0 aliphatic carbocycles. The van der Waals surface area contributed by atoms with Gasteiger partial charge in [-0.3, -0.25) is 0 Å². The molecule has 0 fully saturated rings. The maximum absolute atomic E-state index is 5.76. The minimum Gasteiger partial charge on any atom is -0.461 e. The van der Waals surface area contributed by atoms with Gasteiger partial charge in [-0.1, -0.05) is 44.2 Å². The first kappa shape index (κ1) is 12.0. The van der Waals surface area contributed by atoms with Crippen LogP contribution in [0.5, 0.6) is 0 Å². The molecule has 1 aromatic heterocycles. The molecule has 0 amide bonds. The van der Waals surface area contributed by atoms with Gasteiger partial charge in [-0.2, -0.15) is 0 Å². The van der Waals surface area contributed by atoms with Crippen molar-refractivity contribution in [3.05, 3.63) is 48.2 Å². The van der Waals surface area contributed by atoms with E-state index in [-0.39, 0.29) is 0 Å². The average Bonchev–Trinajstić information content (AvgIpc) is 2.70. The second kappa shape index (κ2) is 5.72. The van der Waals surface area contributed by atoms with Gasteiger partial charge in [-0.15, -0.1) is 0 Å². The van der Waals surface area contributed by atoms with Gasteiger partial charge in [0.25, 0.3) is 0 Å². The summed E-state index contributed by atoms with van der Waals surface area (Å²) in [5.41, 5.74) is 0.994. The van der Waals surface area contributed by atoms with E-state index in [9.17, 15) is 0 Å². The highest BCUT2D eigenvalue weighted by Gasteiger charge is 2.01. The summed E-state index contributed by atoms with van der Waals surface area (Å²) in [7, 11) is 0. The largest absolute Gasteiger partial charge is 0.461 e. The van der Waals surface area contributed by atoms with Crippen molar-refractivity contribution >= 4 is 11.0 Å². The molecule has 0 aliphatic heterocycles. The van der Waals surface area contributed by atoms with Crippen molar-refractivity contribution in [2.24, 2.45) is 5.92 Å². The fraction of sp³-hybridized carbons (Fsp3) is 0.375. The molecule has 0 aliphatic rings. The summed E-state index contributed by atoms with van der Waals surface area (Å²) in [4.78, 5) is 0. The van der Waals surface area contributed by atoms with Crippen LogP contribution in [0, 0.1) is 5.92 Å². The molecule has 0 saturated heterocycles. The SMILES string of the molecule is CC(C)C/C=C/CCc1cc2ccccc2o1. The third-order valence-electron chi connectivity index (χ3n) is 2.81. The molecule has 1 heterocycles. The van der Waals surface area contributed by atoms with Crippen LogP contribution in [0.1, 0.15) is 32.4 Å². The Morgan fingerprint density at radius 1 is 1.18 bits per heavy atom. The third-order valence-corrected chi connectivity index (χ3v) is 2.81. The number of hydrogen-bond donors (Lipinski definition) is 0. The van der Waals surface area contributed by atoms with Crippen LogP contribution in [0.25, 0.3) is 11.0 Å². The fourth-order valence-corrected chi connectivity index (χ4v) is 1.87. The molecule has 0 bridgehead atoms. The lowest BCUT2D eigenvalue weighted by molar-refractivity contribution is 0.549. The van der Waals surface area contributed by atoms with E-state index in [0.29, 0.717) is 0 Å². The molecule has 90 valence electrons. The first-order chi connectivity index (χ1) is 8.25. The van der Waals surface area contributed by atoms with E-state index in [2.05, 4.69) is 38.1 Å². The van der Waals surface area contributed by atoms with Crippen molar-refractivity contribution in [2.75, 3.05) is 0 Å². The minimum atomic E-state index is 0.748. The number of rotatable bonds is 5. The van der Waals surface area contributed by atoms with E-state index >= 15 is 0 Å². The highest BCUT2D eigenvalue weighted by Crippen LogP contribution is 2.19. The Balaban J connectivity index is 1.89. The first-order valence-electron chi connectivity index (χ1n) is 6.38. The van der Waals surface area contributed by atoms with Crippen LogP contribution in [0.3, 0.4) is 0 Å². The van der Waals surface area contributed by atoms with Crippen LogP contribution in [0.2, 0.25) is 0 Å². The highest BCUT2D eigenvalue weighted by molar-refractivity contribution is 5.77. The quantitative estimate of drug-likeness (QED) is 0.659. The molecule has 1 nitrogen and oxygen atoms in total. The van der Waals surface area contributed by atoms with Gasteiger partial charge in [0.1, 0.15) is 11.3 Å². The van der Waals surface area contributed by atoms with Crippen LogP contribution in [0.15, 0.2) is 46.9 Å². The van der Waals surface area contributed by atoms with E-state index < -0.39 is 0 Å². The minimum absolute atomic E-state index is 0.748. The molecule has 2 rings (SSSR count). The summed E-state index contributed by atoms with van der Waals surface area (Å²) in [6.45, 7) is 4.48. The van der Waals surface area contributed by atoms with E-state index in [1.807, 2.05) is 18.2 Å². The molecule has 0 radical (unpaired) electrons. The summed E-state index contributed by atoms with van der Waals surface area (Å²) in [5.74, 6) is 1.83. The monoisotopic (exact) mass is 228 g/mol. The van der Waals surface area contributed by atoms with Gasteiger partial charge < -0.3 is 4.42 Å². The first-order valence-corrected chi connectivity index (χ1v) is 6.38. The predicted molar refractivity (Wildman–Crippen MR) is 73.1 cm³/mol. The lowest BCUT2D eigenvalue weighted by Gasteiger charge is -1.96. The van der Waals surface area contributed by atoms with Crippen LogP contribution in [-0.4, -0.2) is 0 Å². The zero-order valence-electron chi connectivity index (χ0n) is 10.6.